The van der Waals surface area contributed by atoms with E-state index in [4.69, 9.17) is 4.74 Å². The van der Waals surface area contributed by atoms with Gasteiger partial charge in [-0.25, -0.2) is 0 Å². The van der Waals surface area contributed by atoms with E-state index in [1.807, 2.05) is 92.7 Å². The summed E-state index contributed by atoms with van der Waals surface area (Å²) in [5.74, 6) is 0.599. The lowest BCUT2D eigenvalue weighted by atomic mass is 9.98. The number of rotatable bonds is 6. The summed E-state index contributed by atoms with van der Waals surface area (Å²) in [6.07, 6.45) is -0.597. The Morgan fingerprint density at radius 1 is 0.852 bits per heavy atom. The lowest BCUT2D eigenvalue weighted by Crippen LogP contribution is -2.39. The van der Waals surface area contributed by atoms with E-state index >= 15 is 0 Å². The van der Waals surface area contributed by atoms with Crippen molar-refractivity contribution < 1.29 is 9.53 Å². The van der Waals surface area contributed by atoms with Crippen molar-refractivity contribution >= 4 is 5.91 Å². The molecule has 1 atom stereocenters. The van der Waals surface area contributed by atoms with Gasteiger partial charge in [0.05, 0.1) is 6.04 Å². The zero-order valence-electron chi connectivity index (χ0n) is 16.0. The molecule has 3 rings (SSSR count). The topological polar surface area (TPSA) is 38.3 Å². The second-order valence-electron chi connectivity index (χ2n) is 6.79. The van der Waals surface area contributed by atoms with E-state index in [2.05, 4.69) is 5.32 Å². The minimum absolute atomic E-state index is 0.145. The van der Waals surface area contributed by atoms with Crippen LogP contribution in [0.2, 0.25) is 0 Å². The van der Waals surface area contributed by atoms with Crippen LogP contribution in [0.15, 0.2) is 78.9 Å². The highest BCUT2D eigenvalue weighted by Gasteiger charge is 2.22. The summed E-state index contributed by atoms with van der Waals surface area (Å²) in [5, 5.41) is 3.14. The van der Waals surface area contributed by atoms with Gasteiger partial charge in [0.25, 0.3) is 5.91 Å². The molecule has 0 aliphatic carbocycles. The molecule has 0 fully saturated rings. The van der Waals surface area contributed by atoms with Gasteiger partial charge < -0.3 is 10.1 Å². The Hall–Kier alpha value is -3.07. The Labute approximate surface area is 161 Å². The molecule has 0 bridgehead atoms. The number of amides is 1. The average Bonchev–Trinajstić information content (AvgIpc) is 2.70. The summed E-state index contributed by atoms with van der Waals surface area (Å²) in [7, 11) is 0. The van der Waals surface area contributed by atoms with Gasteiger partial charge in [0, 0.05) is 0 Å². The third-order valence-corrected chi connectivity index (χ3v) is 4.57. The Kier molecular flexibility index (Phi) is 5.92. The van der Waals surface area contributed by atoms with Gasteiger partial charge in [-0.2, -0.15) is 0 Å². The normalized spacial score (nSPS) is 11.9. The number of aryl methyl sites for hydroxylation is 2. The van der Waals surface area contributed by atoms with Crippen molar-refractivity contribution in [1.29, 1.82) is 0 Å². The largest absolute Gasteiger partial charge is 0.481 e. The lowest BCUT2D eigenvalue weighted by Gasteiger charge is -2.23. The number of hydrogen-bond donors (Lipinski definition) is 1. The molecule has 1 N–H and O–H groups in total. The van der Waals surface area contributed by atoms with E-state index in [0.717, 1.165) is 28.0 Å². The maximum Gasteiger partial charge on any atom is 0.261 e. The first-order valence-corrected chi connectivity index (χ1v) is 9.19. The molecule has 27 heavy (non-hydrogen) atoms. The Morgan fingerprint density at radius 3 is 1.96 bits per heavy atom. The van der Waals surface area contributed by atoms with Crippen LogP contribution in [0.5, 0.6) is 5.75 Å². The van der Waals surface area contributed by atoms with Crippen molar-refractivity contribution in [3.8, 4) is 5.75 Å². The summed E-state index contributed by atoms with van der Waals surface area (Å²) in [5.41, 5.74) is 4.20. The highest BCUT2D eigenvalue weighted by molar-refractivity contribution is 5.81. The summed E-state index contributed by atoms with van der Waals surface area (Å²) >= 11 is 0. The summed E-state index contributed by atoms with van der Waals surface area (Å²) < 4.78 is 5.95. The molecule has 0 spiro atoms. The van der Waals surface area contributed by atoms with Crippen molar-refractivity contribution in [2.45, 2.75) is 32.9 Å². The molecule has 1 amide bonds. The van der Waals surface area contributed by atoms with Crippen molar-refractivity contribution in [1.82, 2.24) is 5.32 Å². The van der Waals surface area contributed by atoms with E-state index in [1.54, 1.807) is 6.92 Å². The molecule has 0 saturated heterocycles. The Balaban J connectivity index is 1.79. The fourth-order valence-corrected chi connectivity index (χ4v) is 2.99. The van der Waals surface area contributed by atoms with E-state index in [-0.39, 0.29) is 11.9 Å². The van der Waals surface area contributed by atoms with Crippen LogP contribution in [0.1, 0.15) is 35.2 Å². The zero-order valence-corrected chi connectivity index (χ0v) is 16.0. The van der Waals surface area contributed by atoms with Crippen LogP contribution in [0.4, 0.5) is 0 Å². The quantitative estimate of drug-likeness (QED) is 0.674. The molecule has 3 heteroatoms. The van der Waals surface area contributed by atoms with Gasteiger partial charge in [-0.15, -0.1) is 0 Å². The van der Waals surface area contributed by atoms with Gasteiger partial charge in [0.15, 0.2) is 6.10 Å². The standard InChI is InChI=1S/C24H25NO2/c1-17-14-15-18(2)22(16-17)27-19(3)24(26)25-23(20-10-6-4-7-11-20)21-12-8-5-9-13-21/h4-16,19,23H,1-3H3,(H,25,26). The maximum absolute atomic E-state index is 12.9. The third kappa shape index (κ3) is 4.76. The van der Waals surface area contributed by atoms with Crippen LogP contribution in [0.3, 0.4) is 0 Å². The Morgan fingerprint density at radius 2 is 1.41 bits per heavy atom. The minimum Gasteiger partial charge on any atom is -0.481 e. The average molecular weight is 359 g/mol. The van der Waals surface area contributed by atoms with Gasteiger partial charge >= 0.3 is 0 Å². The molecule has 0 radical (unpaired) electrons. The SMILES string of the molecule is Cc1ccc(C)c(OC(C)C(=O)NC(c2ccccc2)c2ccccc2)c1. The second-order valence-corrected chi connectivity index (χ2v) is 6.79. The zero-order chi connectivity index (χ0) is 19.2. The molecule has 0 aromatic heterocycles. The van der Waals surface area contributed by atoms with E-state index in [1.165, 1.54) is 0 Å². The first kappa shape index (κ1) is 18.7. The van der Waals surface area contributed by atoms with Crippen LogP contribution in [-0.4, -0.2) is 12.0 Å². The number of ether oxygens (including phenoxy) is 1. The predicted molar refractivity (Wildman–Crippen MR) is 109 cm³/mol. The molecule has 3 nitrogen and oxygen atoms in total. The molecular formula is C24H25NO2. The fraction of sp³-hybridized carbons (Fsp3) is 0.208. The summed E-state index contributed by atoms with van der Waals surface area (Å²) in [4.78, 5) is 12.9. The molecule has 3 aromatic rings. The molecule has 0 aliphatic heterocycles. The van der Waals surface area contributed by atoms with Crippen molar-refractivity contribution in [3.05, 3.63) is 101 Å². The highest BCUT2D eigenvalue weighted by Crippen LogP contribution is 2.23. The van der Waals surface area contributed by atoms with Gasteiger partial charge in [0.2, 0.25) is 0 Å². The number of carbonyl (C=O) groups excluding carboxylic acids is 1. The van der Waals surface area contributed by atoms with Crippen LogP contribution in [0.25, 0.3) is 0 Å². The highest BCUT2D eigenvalue weighted by atomic mass is 16.5. The maximum atomic E-state index is 12.9. The summed E-state index contributed by atoms with van der Waals surface area (Å²) in [6.45, 7) is 5.78. The molecular weight excluding hydrogens is 334 g/mol. The van der Waals surface area contributed by atoms with Crippen LogP contribution in [-0.2, 0) is 4.79 Å². The first-order valence-electron chi connectivity index (χ1n) is 9.19. The molecule has 0 heterocycles. The van der Waals surface area contributed by atoms with Crippen LogP contribution in [0, 0.1) is 13.8 Å². The monoisotopic (exact) mass is 359 g/mol. The van der Waals surface area contributed by atoms with Crippen molar-refractivity contribution in [2.24, 2.45) is 0 Å². The minimum atomic E-state index is -0.597. The predicted octanol–water partition coefficient (Wildman–Crippen LogP) is 4.98. The summed E-state index contributed by atoms with van der Waals surface area (Å²) in [6, 6.07) is 25.7. The van der Waals surface area contributed by atoms with Crippen LogP contribution >= 0.6 is 0 Å². The third-order valence-electron chi connectivity index (χ3n) is 4.57. The van der Waals surface area contributed by atoms with E-state index < -0.39 is 6.10 Å². The molecule has 0 saturated carbocycles. The second kappa shape index (κ2) is 8.54. The van der Waals surface area contributed by atoms with Gasteiger partial charge in [-0.05, 0) is 49.1 Å². The molecule has 1 unspecified atom stereocenters. The van der Waals surface area contributed by atoms with Gasteiger partial charge in [-0.1, -0.05) is 72.8 Å². The van der Waals surface area contributed by atoms with E-state index in [9.17, 15) is 4.79 Å². The van der Waals surface area contributed by atoms with E-state index in [0.29, 0.717) is 0 Å². The Bertz CT molecular complexity index is 851. The van der Waals surface area contributed by atoms with Crippen molar-refractivity contribution in [2.75, 3.05) is 0 Å². The van der Waals surface area contributed by atoms with Gasteiger partial charge in [0.1, 0.15) is 5.75 Å². The molecule has 3 aromatic carbocycles. The fourth-order valence-electron chi connectivity index (χ4n) is 2.99. The first-order chi connectivity index (χ1) is 13.0. The number of hydrogen-bond acceptors (Lipinski definition) is 2. The lowest BCUT2D eigenvalue weighted by molar-refractivity contribution is -0.127. The number of carbonyl (C=O) groups is 1. The molecule has 0 aliphatic rings. The van der Waals surface area contributed by atoms with Crippen LogP contribution < -0.4 is 10.1 Å². The van der Waals surface area contributed by atoms with Crippen molar-refractivity contribution in [3.63, 3.8) is 0 Å². The smallest absolute Gasteiger partial charge is 0.261 e. The van der Waals surface area contributed by atoms with Gasteiger partial charge in [-0.3, -0.25) is 4.79 Å². The number of nitrogens with one attached hydrogen (secondary N) is 1. The number of benzene rings is 3. The molecule has 138 valence electrons.